The van der Waals surface area contributed by atoms with Crippen molar-refractivity contribution in [2.45, 2.75) is 31.7 Å². The molecule has 1 spiro atoms. The Morgan fingerprint density at radius 2 is 1.90 bits per heavy atom. The number of likely N-dealkylation sites (tertiary alicyclic amines) is 1. The summed E-state index contributed by atoms with van der Waals surface area (Å²) in [6.07, 6.45) is 1.52. The van der Waals surface area contributed by atoms with Gasteiger partial charge in [0.1, 0.15) is 11.9 Å². The number of aromatic nitrogens is 1. The molecule has 2 aliphatic rings. The molecule has 11 nitrogen and oxygen atoms in total. The average molecular weight is 581 g/mol. The molecule has 41 heavy (non-hydrogen) atoms. The van der Waals surface area contributed by atoms with Crippen molar-refractivity contribution in [3.05, 3.63) is 75.5 Å². The van der Waals surface area contributed by atoms with Crippen LogP contribution in [0, 0.1) is 18.2 Å². The van der Waals surface area contributed by atoms with Gasteiger partial charge in [0.15, 0.2) is 17.3 Å². The number of nitrogens with one attached hydrogen (secondary N) is 3. The highest BCUT2D eigenvalue weighted by molar-refractivity contribution is 7.10. The lowest BCUT2D eigenvalue weighted by Crippen LogP contribution is -2.49. The molecule has 2 saturated heterocycles. The second kappa shape index (κ2) is 11.7. The molecule has 0 aliphatic carbocycles. The van der Waals surface area contributed by atoms with Gasteiger partial charge in [-0.3, -0.25) is 19.8 Å². The van der Waals surface area contributed by atoms with Crippen LogP contribution in [0.1, 0.15) is 32.9 Å². The second-order valence-electron chi connectivity index (χ2n) is 9.89. The van der Waals surface area contributed by atoms with Gasteiger partial charge >= 0.3 is 0 Å². The summed E-state index contributed by atoms with van der Waals surface area (Å²) < 4.78 is 26.3. The van der Waals surface area contributed by atoms with E-state index in [1.807, 2.05) is 31.2 Å². The summed E-state index contributed by atoms with van der Waals surface area (Å²) in [4.78, 5) is 45.2. The van der Waals surface area contributed by atoms with Crippen molar-refractivity contribution >= 4 is 34.9 Å². The van der Waals surface area contributed by atoms with Crippen LogP contribution in [0.3, 0.4) is 0 Å². The lowest BCUT2D eigenvalue weighted by Gasteiger charge is -2.24. The lowest BCUT2D eigenvalue weighted by molar-refractivity contribution is -0.152. The van der Waals surface area contributed by atoms with Crippen LogP contribution in [0.5, 0.6) is 0 Å². The molecule has 0 bridgehead atoms. The highest BCUT2D eigenvalue weighted by atomic mass is 32.1. The molecule has 5 rings (SSSR count). The molecule has 3 amide bonds. The average Bonchev–Trinajstić information content (AvgIpc) is 3.71. The van der Waals surface area contributed by atoms with E-state index in [2.05, 4.69) is 15.6 Å². The van der Waals surface area contributed by atoms with Gasteiger partial charge in [0.05, 0.1) is 32.8 Å². The zero-order chi connectivity index (χ0) is 29.1. The molecule has 3 aromatic rings. The normalized spacial score (nSPS) is 17.5. The number of carbonyl (C=O) groups is 3. The van der Waals surface area contributed by atoms with E-state index in [4.69, 9.17) is 20.6 Å². The van der Waals surface area contributed by atoms with Gasteiger partial charge in [-0.1, -0.05) is 29.8 Å². The van der Waals surface area contributed by atoms with E-state index >= 15 is 0 Å². The third-order valence-electron chi connectivity index (χ3n) is 6.97. The summed E-state index contributed by atoms with van der Waals surface area (Å²) in [7, 11) is 0. The van der Waals surface area contributed by atoms with Crippen molar-refractivity contribution in [1.82, 2.24) is 20.5 Å². The fraction of sp³-hybridized carbons (Fsp3) is 0.321. The Kier molecular flexibility index (Phi) is 8.10. The predicted octanol–water partition coefficient (Wildman–Crippen LogP) is 1.93. The zero-order valence-corrected chi connectivity index (χ0v) is 23.1. The van der Waals surface area contributed by atoms with Crippen LogP contribution in [-0.4, -0.2) is 71.6 Å². The van der Waals surface area contributed by atoms with E-state index in [9.17, 15) is 18.8 Å². The third-order valence-corrected chi connectivity index (χ3v) is 7.91. The molecule has 5 N–H and O–H groups in total. The molecule has 214 valence electrons. The largest absolute Gasteiger partial charge is 0.384 e. The number of benzene rings is 1. The van der Waals surface area contributed by atoms with Gasteiger partial charge in [-0.05, 0) is 24.6 Å². The van der Waals surface area contributed by atoms with Gasteiger partial charge in [-0.25, -0.2) is 9.37 Å². The van der Waals surface area contributed by atoms with Crippen molar-refractivity contribution in [1.29, 1.82) is 5.41 Å². The quantitative estimate of drug-likeness (QED) is 0.234. The number of thiophene rings is 1. The maximum atomic E-state index is 14.8. The minimum atomic E-state index is -1.11. The van der Waals surface area contributed by atoms with Gasteiger partial charge in [-0.2, -0.15) is 0 Å². The molecule has 0 saturated carbocycles. The monoisotopic (exact) mass is 580 g/mol. The number of rotatable bonds is 8. The summed E-state index contributed by atoms with van der Waals surface area (Å²) in [5, 5.41) is 14.5. The summed E-state index contributed by atoms with van der Waals surface area (Å²) in [6.45, 7) is 2.32. The first-order chi connectivity index (χ1) is 19.6. The molecule has 0 unspecified atom stereocenters. The van der Waals surface area contributed by atoms with E-state index in [0.29, 0.717) is 24.3 Å². The number of amides is 3. The van der Waals surface area contributed by atoms with E-state index in [0.717, 1.165) is 16.0 Å². The molecule has 2 aromatic heterocycles. The minimum absolute atomic E-state index is 0.00509. The molecule has 0 radical (unpaired) electrons. The summed E-state index contributed by atoms with van der Waals surface area (Å²) in [5.74, 6) is -3.82. The maximum absolute atomic E-state index is 14.8. The number of nitrogens with two attached hydrogens (primary N) is 1. The van der Waals surface area contributed by atoms with Crippen molar-refractivity contribution in [3.63, 3.8) is 0 Å². The number of hydrogen-bond acceptors (Lipinski definition) is 8. The molecular formula is C28H29FN6O5S. The second-order valence-corrected chi connectivity index (χ2v) is 10.9. The summed E-state index contributed by atoms with van der Waals surface area (Å²) >= 11 is 1.35. The van der Waals surface area contributed by atoms with Crippen LogP contribution in [0.2, 0.25) is 0 Å². The number of halogens is 1. The Morgan fingerprint density at radius 3 is 2.56 bits per heavy atom. The molecule has 2 aliphatic heterocycles. The van der Waals surface area contributed by atoms with E-state index < -0.39 is 47.6 Å². The predicted molar refractivity (Wildman–Crippen MR) is 149 cm³/mol. The number of aryl methyl sites for hydroxylation is 1. The van der Waals surface area contributed by atoms with Crippen LogP contribution in [0.4, 0.5) is 4.39 Å². The van der Waals surface area contributed by atoms with Crippen LogP contribution < -0.4 is 16.4 Å². The lowest BCUT2D eigenvalue weighted by atomic mass is 10.1. The van der Waals surface area contributed by atoms with Crippen molar-refractivity contribution in [2.24, 2.45) is 5.73 Å². The highest BCUT2D eigenvalue weighted by Gasteiger charge is 2.52. The zero-order valence-electron chi connectivity index (χ0n) is 22.2. The Bertz CT molecular complexity index is 1490. The first kappa shape index (κ1) is 28.3. The number of pyridine rings is 1. The number of ether oxygens (including phenoxy) is 2. The number of nitrogens with zero attached hydrogens (tertiary/aromatic N) is 2. The third kappa shape index (κ3) is 6.26. The smallest absolute Gasteiger partial charge is 0.273 e. The van der Waals surface area contributed by atoms with Crippen LogP contribution in [-0.2, 0) is 25.6 Å². The Balaban J connectivity index is 1.23. The van der Waals surface area contributed by atoms with Crippen LogP contribution in [0.15, 0.2) is 48.0 Å². The first-order valence-electron chi connectivity index (χ1n) is 12.9. The highest BCUT2D eigenvalue weighted by Crippen LogP contribution is 2.35. The van der Waals surface area contributed by atoms with E-state index in [1.54, 1.807) is 11.4 Å². The van der Waals surface area contributed by atoms with Crippen LogP contribution in [0.25, 0.3) is 11.1 Å². The van der Waals surface area contributed by atoms with Crippen molar-refractivity contribution < 1.29 is 28.2 Å². The number of carbonyl (C=O) groups excluding carboxylic acids is 3. The first-order valence-corrected chi connectivity index (χ1v) is 13.8. The molecule has 13 heteroatoms. The maximum Gasteiger partial charge on any atom is 0.273 e. The fourth-order valence-electron chi connectivity index (χ4n) is 4.80. The SMILES string of the molecule is Cc1ccc(-c2cnc(C(=O)NCC(=O)N3CC4(C[C@H]3C(=O)NCc3cc(C(=N)N)cs3)OCCO4)c(F)c2)cc1. The standard InChI is InChI=1S/C28H29FN6O5S/c1-16-2-4-17(5-3-16)18-9-21(29)24(32-11-18)27(38)34-13-23(36)35-15-28(39-6-7-40-28)10-22(35)26(37)33-12-20-8-19(14-41-20)25(30)31/h2-5,8-9,11,14,22H,6-7,10,12-13,15H2,1H3,(H3,30,31)(H,33,37)(H,34,38)/t22-/m0/s1. The summed E-state index contributed by atoms with van der Waals surface area (Å²) in [6, 6.07) is 9.48. The number of nitrogen functional groups attached to an aromatic ring is 1. The molecule has 2 fully saturated rings. The van der Waals surface area contributed by atoms with Gasteiger partial charge < -0.3 is 30.7 Å². The minimum Gasteiger partial charge on any atom is -0.384 e. The van der Waals surface area contributed by atoms with Crippen molar-refractivity contribution in [3.8, 4) is 11.1 Å². The Morgan fingerprint density at radius 1 is 1.17 bits per heavy atom. The van der Waals surface area contributed by atoms with Gasteiger partial charge in [0.2, 0.25) is 11.8 Å². The molecule has 1 atom stereocenters. The van der Waals surface area contributed by atoms with Gasteiger partial charge in [-0.15, -0.1) is 11.3 Å². The Labute approximate surface area is 239 Å². The number of hydrogen-bond donors (Lipinski definition) is 4. The number of amidine groups is 1. The Hall–Kier alpha value is -4.20. The molecule has 1 aromatic carbocycles. The molecule has 4 heterocycles. The fourth-order valence-corrected chi connectivity index (χ4v) is 5.62. The summed E-state index contributed by atoms with van der Waals surface area (Å²) in [5.41, 5.74) is 7.96. The molecular weight excluding hydrogens is 551 g/mol. The topological polar surface area (TPSA) is 160 Å². The van der Waals surface area contributed by atoms with Crippen molar-refractivity contribution in [2.75, 3.05) is 26.3 Å². The van der Waals surface area contributed by atoms with Gasteiger partial charge in [0, 0.05) is 34.0 Å². The van der Waals surface area contributed by atoms with Crippen LogP contribution >= 0.6 is 11.3 Å². The van der Waals surface area contributed by atoms with E-state index in [1.165, 1.54) is 28.5 Å². The van der Waals surface area contributed by atoms with Gasteiger partial charge in [0.25, 0.3) is 5.91 Å². The van der Waals surface area contributed by atoms with E-state index in [-0.39, 0.29) is 25.3 Å².